The molecule has 0 spiro atoms. The molecule has 1 heteroatoms. The number of aromatic nitrogens is 1. The average Bonchev–Trinajstić information content (AvgIpc) is 3.93. The molecule has 1 nitrogen and oxygen atoms in total. The molecule has 12 aromatic rings. The van der Waals surface area contributed by atoms with Crippen LogP contribution in [0.2, 0.25) is 0 Å². The highest BCUT2D eigenvalue weighted by atomic mass is 15.0. The minimum absolute atomic E-state index is 0.171. The van der Waals surface area contributed by atoms with Crippen LogP contribution in [0, 0.1) is 0 Å². The van der Waals surface area contributed by atoms with Crippen LogP contribution in [-0.2, 0) is 11.8 Å². The lowest BCUT2D eigenvalue weighted by atomic mass is 9.67. The summed E-state index contributed by atoms with van der Waals surface area (Å²) in [5.41, 5.74) is 22.1. The molecule has 0 N–H and O–H groups in total. The number of rotatable bonds is 10. The normalized spacial score (nSPS) is 13.0. The number of para-hydroxylation sites is 1. The molecule has 1 aliphatic rings. The smallest absolute Gasteiger partial charge is 0.0714 e. The highest BCUT2D eigenvalue weighted by molar-refractivity contribution is 6.10. The van der Waals surface area contributed by atoms with E-state index in [1.807, 2.05) is 0 Å². The molecule has 1 unspecified atom stereocenters. The van der Waals surface area contributed by atoms with Gasteiger partial charge in [-0.1, -0.05) is 243 Å². The Morgan fingerprint density at radius 1 is 0.329 bits per heavy atom. The summed E-state index contributed by atoms with van der Waals surface area (Å²) in [7, 11) is 0. The second-order valence-electron chi connectivity index (χ2n) is 18.7. The van der Waals surface area contributed by atoms with Crippen LogP contribution in [0.4, 0.5) is 0 Å². The summed E-state index contributed by atoms with van der Waals surface area (Å²) >= 11 is 0. The van der Waals surface area contributed by atoms with E-state index in [0.717, 1.165) is 12.1 Å². The third-order valence-corrected chi connectivity index (χ3v) is 14.9. The van der Waals surface area contributed by atoms with Gasteiger partial charge in [-0.3, -0.25) is 0 Å². The second kappa shape index (κ2) is 17.4. The fourth-order valence-electron chi connectivity index (χ4n) is 11.7. The van der Waals surface area contributed by atoms with Crippen molar-refractivity contribution in [2.24, 2.45) is 0 Å². The van der Waals surface area contributed by atoms with Gasteiger partial charge in [0.15, 0.2) is 0 Å². The van der Waals surface area contributed by atoms with Crippen LogP contribution in [0.3, 0.4) is 0 Å². The number of nitrogens with zero attached hydrogens (tertiary/aromatic N) is 1. The lowest BCUT2D eigenvalue weighted by Gasteiger charge is -2.34. The van der Waals surface area contributed by atoms with Gasteiger partial charge in [0, 0.05) is 22.4 Å². The Kier molecular flexibility index (Phi) is 10.3. The second-order valence-corrected chi connectivity index (χ2v) is 18.7. The van der Waals surface area contributed by atoms with E-state index in [-0.39, 0.29) is 5.92 Å². The van der Waals surface area contributed by atoms with E-state index in [0.29, 0.717) is 0 Å². The standard InChI is InChI=1S/C69H49N/c1-5-20-49(21-6-1)50-38-36-48(37-39-50)44-63(51-22-7-2-8-23-51)59-31-14-13-30-58(59)54-25-19-24-52(45-54)53-40-43-68-64(46-53)62-33-16-18-35-67(62)70(68)57-41-42-61-60-32-15-17-34-65(60)69(66(61)47-57,55-26-9-3-10-27-55)56-28-11-4-12-29-56/h1-43,45-47,63H,44H2. The molecule has 0 bridgehead atoms. The molecule has 70 heavy (non-hydrogen) atoms. The Labute approximate surface area is 410 Å². The van der Waals surface area contributed by atoms with E-state index >= 15 is 0 Å². The van der Waals surface area contributed by atoms with Gasteiger partial charge in [-0.25, -0.2) is 0 Å². The van der Waals surface area contributed by atoms with Crippen LogP contribution < -0.4 is 0 Å². The number of hydrogen-bond acceptors (Lipinski definition) is 0. The van der Waals surface area contributed by atoms with E-state index in [1.165, 1.54) is 105 Å². The van der Waals surface area contributed by atoms with Crippen LogP contribution in [0.25, 0.3) is 72.0 Å². The Morgan fingerprint density at radius 2 is 0.871 bits per heavy atom. The molecule has 1 aromatic heterocycles. The maximum absolute atomic E-state index is 2.48. The zero-order chi connectivity index (χ0) is 46.4. The molecule has 0 radical (unpaired) electrons. The van der Waals surface area contributed by atoms with E-state index in [1.54, 1.807) is 0 Å². The van der Waals surface area contributed by atoms with Gasteiger partial charge < -0.3 is 4.57 Å². The first-order chi connectivity index (χ1) is 34.7. The maximum Gasteiger partial charge on any atom is 0.0714 e. The van der Waals surface area contributed by atoms with Gasteiger partial charge in [0.25, 0.3) is 0 Å². The van der Waals surface area contributed by atoms with E-state index in [2.05, 4.69) is 284 Å². The van der Waals surface area contributed by atoms with E-state index in [4.69, 9.17) is 0 Å². The summed E-state index contributed by atoms with van der Waals surface area (Å²) in [4.78, 5) is 0. The molecule has 0 saturated carbocycles. The zero-order valence-corrected chi connectivity index (χ0v) is 38.8. The van der Waals surface area contributed by atoms with Crippen molar-refractivity contribution in [3.05, 3.63) is 318 Å². The first kappa shape index (κ1) is 41.4. The van der Waals surface area contributed by atoms with Gasteiger partial charge in [0.05, 0.1) is 16.4 Å². The van der Waals surface area contributed by atoms with Gasteiger partial charge in [0.1, 0.15) is 0 Å². The summed E-state index contributed by atoms with van der Waals surface area (Å²) < 4.78 is 2.48. The number of benzene rings is 11. The molecule has 1 atom stereocenters. The van der Waals surface area contributed by atoms with E-state index in [9.17, 15) is 0 Å². The molecule has 0 fully saturated rings. The highest BCUT2D eigenvalue weighted by Crippen LogP contribution is 2.56. The predicted octanol–water partition coefficient (Wildman–Crippen LogP) is 17.5. The summed E-state index contributed by atoms with van der Waals surface area (Å²) in [6.45, 7) is 0. The first-order valence-electron chi connectivity index (χ1n) is 24.5. The first-order valence-corrected chi connectivity index (χ1v) is 24.5. The maximum atomic E-state index is 2.48. The van der Waals surface area contributed by atoms with Crippen molar-refractivity contribution in [2.45, 2.75) is 17.8 Å². The van der Waals surface area contributed by atoms with Crippen LogP contribution in [0.5, 0.6) is 0 Å². The van der Waals surface area contributed by atoms with Gasteiger partial charge in [-0.2, -0.15) is 0 Å². The van der Waals surface area contributed by atoms with Crippen molar-refractivity contribution in [3.8, 4) is 50.2 Å². The molecule has 0 aliphatic heterocycles. The average molecular weight is 892 g/mol. The van der Waals surface area contributed by atoms with Gasteiger partial charge in [0.2, 0.25) is 0 Å². The molecular formula is C69H49N. The largest absolute Gasteiger partial charge is 0.309 e. The molecule has 0 amide bonds. The Hall–Kier alpha value is -8.78. The summed E-state index contributed by atoms with van der Waals surface area (Å²) in [5.74, 6) is 0.171. The Morgan fingerprint density at radius 3 is 1.63 bits per heavy atom. The summed E-state index contributed by atoms with van der Waals surface area (Å²) in [6.07, 6.45) is 0.896. The molecule has 11 aromatic carbocycles. The van der Waals surface area contributed by atoms with Gasteiger partial charge in [-0.05, 0) is 126 Å². The fraction of sp³-hybridized carbons (Fsp3) is 0.0435. The molecular weight excluding hydrogens is 843 g/mol. The highest BCUT2D eigenvalue weighted by Gasteiger charge is 2.46. The van der Waals surface area contributed by atoms with Crippen molar-refractivity contribution >= 4 is 21.8 Å². The van der Waals surface area contributed by atoms with Crippen LogP contribution in [-0.4, -0.2) is 4.57 Å². The fourth-order valence-corrected chi connectivity index (χ4v) is 11.7. The van der Waals surface area contributed by atoms with Gasteiger partial charge in [-0.15, -0.1) is 0 Å². The molecule has 1 heterocycles. The van der Waals surface area contributed by atoms with Crippen LogP contribution in [0.1, 0.15) is 44.9 Å². The summed E-state index contributed by atoms with van der Waals surface area (Å²) in [6, 6.07) is 103. The van der Waals surface area contributed by atoms with Crippen molar-refractivity contribution in [1.29, 1.82) is 0 Å². The molecule has 13 rings (SSSR count). The molecule has 1 aliphatic carbocycles. The molecule has 330 valence electrons. The van der Waals surface area contributed by atoms with Crippen LogP contribution >= 0.6 is 0 Å². The van der Waals surface area contributed by atoms with E-state index < -0.39 is 5.41 Å². The third kappa shape index (κ3) is 6.93. The lowest BCUT2D eigenvalue weighted by molar-refractivity contribution is 0.767. The van der Waals surface area contributed by atoms with Crippen molar-refractivity contribution in [1.82, 2.24) is 4.57 Å². The molecule has 0 saturated heterocycles. The Balaban J connectivity index is 0.905. The zero-order valence-electron chi connectivity index (χ0n) is 38.8. The van der Waals surface area contributed by atoms with Crippen molar-refractivity contribution in [2.75, 3.05) is 0 Å². The van der Waals surface area contributed by atoms with Crippen LogP contribution in [0.15, 0.2) is 279 Å². The minimum atomic E-state index is -0.477. The van der Waals surface area contributed by atoms with Crippen molar-refractivity contribution in [3.63, 3.8) is 0 Å². The van der Waals surface area contributed by atoms with Gasteiger partial charge >= 0.3 is 0 Å². The monoisotopic (exact) mass is 891 g/mol. The topological polar surface area (TPSA) is 4.93 Å². The quantitative estimate of drug-likeness (QED) is 0.129. The van der Waals surface area contributed by atoms with Crippen molar-refractivity contribution < 1.29 is 0 Å². The predicted molar refractivity (Wildman–Crippen MR) is 293 cm³/mol. The summed E-state index contributed by atoms with van der Waals surface area (Å²) in [5, 5.41) is 2.48. The Bertz CT molecular complexity index is 3790. The lowest BCUT2D eigenvalue weighted by Crippen LogP contribution is -2.28. The SMILES string of the molecule is c1ccc(-c2ccc(CC(c3ccccc3)c3ccccc3-c3cccc(-c4ccc5c(c4)c4ccccc4n5-c4ccc5c(c4)C(c4ccccc4)(c4ccccc4)c4ccccc4-5)c3)cc2)cc1. The number of fused-ring (bicyclic) bond motifs is 6. The minimum Gasteiger partial charge on any atom is -0.309 e. The third-order valence-electron chi connectivity index (χ3n) is 14.9. The number of hydrogen-bond donors (Lipinski definition) is 0.